The number of hydrogen-bond donors (Lipinski definition) is 2. The van der Waals surface area contributed by atoms with Crippen LogP contribution in [0.25, 0.3) is 11.3 Å². The van der Waals surface area contributed by atoms with Crippen molar-refractivity contribution in [3.8, 4) is 17.0 Å². The lowest BCUT2D eigenvalue weighted by molar-refractivity contribution is -0.385. The fourth-order valence-corrected chi connectivity index (χ4v) is 3.75. The van der Waals surface area contributed by atoms with Crippen molar-refractivity contribution in [2.75, 3.05) is 0 Å². The minimum Gasteiger partial charge on any atom is -0.502 e. The second-order valence-corrected chi connectivity index (χ2v) is 7.89. The predicted molar refractivity (Wildman–Crippen MR) is 118 cm³/mol. The third kappa shape index (κ3) is 4.92. The van der Waals surface area contributed by atoms with Crippen LogP contribution in [0.15, 0.2) is 42.6 Å². The molecule has 1 atom stereocenters. The van der Waals surface area contributed by atoms with Crippen molar-refractivity contribution in [3.05, 3.63) is 74.1 Å². The van der Waals surface area contributed by atoms with Gasteiger partial charge in [0.15, 0.2) is 5.75 Å². The molecule has 3 N–H and O–H groups in total. The minimum atomic E-state index is -0.618. The highest BCUT2D eigenvalue weighted by molar-refractivity contribution is 6.36. The zero-order valence-corrected chi connectivity index (χ0v) is 17.9. The van der Waals surface area contributed by atoms with Gasteiger partial charge in [-0.05, 0) is 42.7 Å². The number of aromatic nitrogens is 2. The first-order valence-corrected chi connectivity index (χ1v) is 10.3. The van der Waals surface area contributed by atoms with Gasteiger partial charge in [0, 0.05) is 29.4 Å². The van der Waals surface area contributed by atoms with Crippen molar-refractivity contribution in [1.29, 1.82) is 0 Å². The average Bonchev–Trinajstić information content (AvgIpc) is 3.11. The number of rotatable bonds is 8. The number of aromatic hydroxyl groups is 1. The number of phenols is 1. The molecule has 0 radical (unpaired) electrons. The Kier molecular flexibility index (Phi) is 6.97. The second-order valence-electron chi connectivity index (χ2n) is 7.05. The van der Waals surface area contributed by atoms with Crippen LogP contribution in [0, 0.1) is 10.1 Å². The number of aryl methyl sites for hydroxylation is 1. The van der Waals surface area contributed by atoms with Crippen LogP contribution in [0.4, 0.5) is 5.69 Å². The van der Waals surface area contributed by atoms with Gasteiger partial charge in [-0.3, -0.25) is 10.1 Å². The molecule has 0 amide bonds. The number of hydrogen-bond acceptors (Lipinski definition) is 5. The van der Waals surface area contributed by atoms with Crippen molar-refractivity contribution < 1.29 is 10.0 Å². The number of benzene rings is 2. The molecular formula is C21H22Cl2N4O3. The molecule has 3 rings (SSSR count). The number of imidazole rings is 1. The van der Waals surface area contributed by atoms with Gasteiger partial charge in [0.25, 0.3) is 0 Å². The maximum atomic E-state index is 11.1. The van der Waals surface area contributed by atoms with Crippen LogP contribution in [0.1, 0.15) is 37.2 Å². The summed E-state index contributed by atoms with van der Waals surface area (Å²) in [4.78, 5) is 15.2. The van der Waals surface area contributed by atoms with E-state index in [1.807, 2.05) is 16.8 Å². The van der Waals surface area contributed by atoms with Gasteiger partial charge in [-0.15, -0.1) is 0 Å². The molecular weight excluding hydrogens is 427 g/mol. The van der Waals surface area contributed by atoms with E-state index >= 15 is 0 Å². The minimum absolute atomic E-state index is 0.331. The highest BCUT2D eigenvalue weighted by Crippen LogP contribution is 2.32. The van der Waals surface area contributed by atoms with E-state index in [2.05, 4.69) is 6.92 Å². The monoisotopic (exact) mass is 448 g/mol. The molecule has 1 heterocycles. The third-order valence-electron chi connectivity index (χ3n) is 4.79. The van der Waals surface area contributed by atoms with Crippen LogP contribution in [-0.2, 0) is 13.0 Å². The lowest BCUT2D eigenvalue weighted by Crippen LogP contribution is -2.19. The molecule has 0 unspecified atom stereocenters. The molecule has 0 fully saturated rings. The lowest BCUT2D eigenvalue weighted by atomic mass is 10.0. The highest BCUT2D eigenvalue weighted by Gasteiger charge is 2.20. The molecule has 0 aliphatic rings. The summed E-state index contributed by atoms with van der Waals surface area (Å²) in [5.74, 6) is 0.293. The zero-order valence-electron chi connectivity index (χ0n) is 16.4. The Balaban J connectivity index is 1.94. The molecule has 1 aromatic heterocycles. The van der Waals surface area contributed by atoms with E-state index in [0.717, 1.165) is 24.9 Å². The lowest BCUT2D eigenvalue weighted by Gasteiger charge is -2.14. The highest BCUT2D eigenvalue weighted by atomic mass is 35.5. The fourth-order valence-electron chi connectivity index (χ4n) is 3.25. The van der Waals surface area contributed by atoms with Crippen LogP contribution < -0.4 is 5.73 Å². The SMILES string of the molecule is CCCCn1cc(-c2ccc(Cl)cc2Cl)nc1[C@@H](N)Cc1ccc(O)c([N+](=O)[O-])c1. The average molecular weight is 449 g/mol. The Hall–Kier alpha value is -2.61. The van der Waals surface area contributed by atoms with Crippen LogP contribution in [0.3, 0.4) is 0 Å². The topological polar surface area (TPSA) is 107 Å². The van der Waals surface area contributed by atoms with Gasteiger partial charge in [-0.1, -0.05) is 42.6 Å². The Bertz CT molecular complexity index is 1070. The van der Waals surface area contributed by atoms with E-state index in [4.69, 9.17) is 33.9 Å². The van der Waals surface area contributed by atoms with Crippen LogP contribution in [0.2, 0.25) is 10.0 Å². The first kappa shape index (κ1) is 22.1. The summed E-state index contributed by atoms with van der Waals surface area (Å²) in [5, 5.41) is 21.8. The van der Waals surface area contributed by atoms with Crippen LogP contribution >= 0.6 is 23.2 Å². The van der Waals surface area contributed by atoms with E-state index in [9.17, 15) is 15.2 Å². The quantitative estimate of drug-likeness (QED) is 0.348. The molecule has 3 aromatic rings. The first-order valence-electron chi connectivity index (χ1n) is 9.54. The van der Waals surface area contributed by atoms with E-state index < -0.39 is 11.0 Å². The molecule has 0 aliphatic carbocycles. The number of halogens is 2. The molecule has 9 heteroatoms. The van der Waals surface area contributed by atoms with Gasteiger partial charge in [-0.2, -0.15) is 0 Å². The van der Waals surface area contributed by atoms with Gasteiger partial charge < -0.3 is 15.4 Å². The molecule has 0 saturated heterocycles. The van der Waals surface area contributed by atoms with Gasteiger partial charge in [0.2, 0.25) is 0 Å². The Morgan fingerprint density at radius 1 is 1.27 bits per heavy atom. The first-order chi connectivity index (χ1) is 14.3. The summed E-state index contributed by atoms with van der Waals surface area (Å²) in [6, 6.07) is 9.01. The molecule has 2 aromatic carbocycles. The number of unbranched alkanes of at least 4 members (excludes halogenated alkanes) is 1. The predicted octanol–water partition coefficient (Wildman–Crippen LogP) is 5.51. The summed E-state index contributed by atoms with van der Waals surface area (Å²) < 4.78 is 2.00. The van der Waals surface area contributed by atoms with E-state index in [-0.39, 0.29) is 11.4 Å². The molecule has 0 aliphatic heterocycles. The summed E-state index contributed by atoms with van der Waals surface area (Å²) in [6.45, 7) is 2.84. The largest absolute Gasteiger partial charge is 0.502 e. The molecule has 0 bridgehead atoms. The Morgan fingerprint density at radius 3 is 2.70 bits per heavy atom. The zero-order chi connectivity index (χ0) is 21.8. The van der Waals surface area contributed by atoms with Gasteiger partial charge in [0.05, 0.1) is 21.7 Å². The number of nitro benzene ring substituents is 1. The van der Waals surface area contributed by atoms with Gasteiger partial charge >= 0.3 is 5.69 Å². The molecule has 0 spiro atoms. The van der Waals surface area contributed by atoms with Gasteiger partial charge in [0.1, 0.15) is 5.82 Å². The fraction of sp³-hybridized carbons (Fsp3) is 0.286. The van der Waals surface area contributed by atoms with Crippen LogP contribution in [-0.4, -0.2) is 19.6 Å². The molecule has 0 saturated carbocycles. The maximum Gasteiger partial charge on any atom is 0.310 e. The van der Waals surface area contributed by atoms with Crippen molar-refractivity contribution in [2.24, 2.45) is 5.73 Å². The maximum absolute atomic E-state index is 11.1. The summed E-state index contributed by atoms with van der Waals surface area (Å²) in [7, 11) is 0. The number of nitro groups is 1. The molecule has 30 heavy (non-hydrogen) atoms. The molecule has 158 valence electrons. The van der Waals surface area contributed by atoms with E-state index in [0.29, 0.717) is 33.5 Å². The molecule has 7 nitrogen and oxygen atoms in total. The summed E-state index contributed by atoms with van der Waals surface area (Å²) in [6.07, 6.45) is 4.21. The summed E-state index contributed by atoms with van der Waals surface area (Å²) in [5.41, 5.74) is 8.19. The Morgan fingerprint density at radius 2 is 2.03 bits per heavy atom. The van der Waals surface area contributed by atoms with Crippen molar-refractivity contribution in [1.82, 2.24) is 9.55 Å². The normalized spacial score (nSPS) is 12.1. The smallest absolute Gasteiger partial charge is 0.310 e. The van der Waals surface area contributed by atoms with Crippen molar-refractivity contribution in [3.63, 3.8) is 0 Å². The van der Waals surface area contributed by atoms with E-state index in [1.54, 1.807) is 18.2 Å². The number of nitrogens with zero attached hydrogens (tertiary/aromatic N) is 3. The van der Waals surface area contributed by atoms with Crippen molar-refractivity contribution in [2.45, 2.75) is 38.8 Å². The van der Waals surface area contributed by atoms with E-state index in [1.165, 1.54) is 12.1 Å². The van der Waals surface area contributed by atoms with Crippen LogP contribution in [0.5, 0.6) is 5.75 Å². The standard InChI is InChI=1S/C21H22Cl2N4O3/c1-2-3-8-26-12-18(15-6-5-14(22)11-16(15)23)25-21(26)17(24)9-13-4-7-20(28)19(10-13)27(29)30/h4-7,10-12,17,28H,2-3,8-9,24H2,1H3/t17-/m0/s1. The Labute approximate surface area is 184 Å². The summed E-state index contributed by atoms with van der Waals surface area (Å²) >= 11 is 12.3. The second kappa shape index (κ2) is 9.47. The number of nitrogens with two attached hydrogens (primary N) is 1. The number of phenolic OH excluding ortho intramolecular Hbond substituents is 1. The van der Waals surface area contributed by atoms with Gasteiger partial charge in [-0.25, -0.2) is 4.98 Å². The third-order valence-corrected chi connectivity index (χ3v) is 5.34. The van der Waals surface area contributed by atoms with Crippen molar-refractivity contribution >= 4 is 28.9 Å².